The zero-order valence-electron chi connectivity index (χ0n) is 21.1. The Bertz CT molecular complexity index is 1040. The minimum atomic E-state index is -1.60. The number of aliphatic carboxylic acids is 1. The zero-order chi connectivity index (χ0) is 29.5. The Morgan fingerprint density at radius 2 is 1.51 bits per heavy atom. The predicted molar refractivity (Wildman–Crippen MR) is 136 cm³/mol. The molecular formula is C21H35N11O7. The summed E-state index contributed by atoms with van der Waals surface area (Å²) in [5, 5.41) is 16.4. The number of carboxylic acids is 1. The van der Waals surface area contributed by atoms with E-state index in [-0.39, 0.29) is 38.2 Å². The molecule has 0 aliphatic rings. The van der Waals surface area contributed by atoms with Crippen LogP contribution in [0.1, 0.15) is 37.8 Å². The van der Waals surface area contributed by atoms with Gasteiger partial charge in [0.25, 0.3) is 0 Å². The lowest BCUT2D eigenvalue weighted by Crippen LogP contribution is -2.58. The van der Waals surface area contributed by atoms with E-state index in [1.165, 1.54) is 12.5 Å². The molecule has 0 aliphatic heterocycles. The number of rotatable bonds is 18. The standard InChI is InChI=1S/C21H35N11O7/c22-11(2-1-5-28-21(25)26)17(35)30-12(3-4-15(23)33)18(36)31-13(7-16(24)34)19(37)32-14(20(38)39)6-10-8-27-9-29-10/h8-9,11-14H,1-7,22H2,(H2,23,33)(H2,24,34)(H,27,29)(H,30,35)(H,31,36)(H,32,37)(H,38,39)(H4,25,26,28). The molecular weight excluding hydrogens is 518 g/mol. The van der Waals surface area contributed by atoms with E-state index >= 15 is 0 Å². The fraction of sp³-hybridized carbons (Fsp3) is 0.524. The molecule has 1 aromatic rings. The van der Waals surface area contributed by atoms with E-state index in [0.717, 1.165) is 0 Å². The summed E-state index contributed by atoms with van der Waals surface area (Å²) in [7, 11) is 0. The van der Waals surface area contributed by atoms with Gasteiger partial charge in [-0.1, -0.05) is 0 Å². The van der Waals surface area contributed by atoms with Gasteiger partial charge in [0.15, 0.2) is 5.96 Å². The molecule has 0 aliphatic carbocycles. The number of aliphatic imine (C=N–C) groups is 1. The third kappa shape index (κ3) is 12.9. The van der Waals surface area contributed by atoms with Crippen molar-refractivity contribution in [2.24, 2.45) is 33.7 Å². The number of nitrogens with zero attached hydrogens (tertiary/aromatic N) is 2. The number of amides is 5. The van der Waals surface area contributed by atoms with Crippen molar-refractivity contribution < 1.29 is 33.9 Å². The van der Waals surface area contributed by atoms with E-state index in [2.05, 4.69) is 30.9 Å². The molecule has 0 spiro atoms. The Kier molecular flexibility index (Phi) is 13.4. The van der Waals surface area contributed by atoms with E-state index in [1.54, 1.807) is 0 Å². The van der Waals surface area contributed by atoms with Gasteiger partial charge in [-0.3, -0.25) is 29.0 Å². The topological polar surface area (TPSA) is 330 Å². The van der Waals surface area contributed by atoms with Crippen molar-refractivity contribution >= 4 is 41.5 Å². The quantitative estimate of drug-likeness (QED) is 0.0466. The Labute approximate surface area is 222 Å². The van der Waals surface area contributed by atoms with Crippen LogP contribution in [0.5, 0.6) is 0 Å². The minimum Gasteiger partial charge on any atom is -0.480 e. The van der Waals surface area contributed by atoms with Gasteiger partial charge in [-0.05, 0) is 19.3 Å². The third-order valence-corrected chi connectivity index (χ3v) is 5.25. The molecule has 4 unspecified atom stereocenters. The maximum Gasteiger partial charge on any atom is 0.326 e. The molecule has 0 fully saturated rings. The SMILES string of the molecule is NC(=O)CCC(NC(=O)C(N)CCCN=C(N)N)C(=O)NC(CC(N)=O)C(=O)NC(Cc1cnc[nH]1)C(=O)O. The number of carbonyl (C=O) groups is 6. The summed E-state index contributed by atoms with van der Waals surface area (Å²) in [6, 6.07) is -5.48. The number of nitrogens with two attached hydrogens (primary N) is 5. The van der Waals surface area contributed by atoms with Crippen LogP contribution >= 0.6 is 0 Å². The van der Waals surface area contributed by atoms with Gasteiger partial charge in [0.2, 0.25) is 29.5 Å². The number of aromatic amines is 1. The number of guanidine groups is 1. The van der Waals surface area contributed by atoms with Gasteiger partial charge < -0.3 is 54.7 Å². The second kappa shape index (κ2) is 16.2. The molecule has 1 aromatic heterocycles. The lowest BCUT2D eigenvalue weighted by atomic mass is 10.1. The summed E-state index contributed by atoms with van der Waals surface area (Å²) in [5.41, 5.74) is 27.1. The van der Waals surface area contributed by atoms with Gasteiger partial charge in [0.05, 0.1) is 18.8 Å². The fourth-order valence-corrected chi connectivity index (χ4v) is 3.26. The summed E-state index contributed by atoms with van der Waals surface area (Å²) < 4.78 is 0. The number of carboxylic acid groups (broad SMARTS) is 1. The third-order valence-electron chi connectivity index (χ3n) is 5.25. The van der Waals surface area contributed by atoms with Crippen molar-refractivity contribution in [1.29, 1.82) is 0 Å². The van der Waals surface area contributed by atoms with Gasteiger partial charge in [-0.25, -0.2) is 9.78 Å². The largest absolute Gasteiger partial charge is 0.480 e. The Hall–Kier alpha value is -4.74. The van der Waals surface area contributed by atoms with Crippen LogP contribution in [-0.2, 0) is 35.2 Å². The molecule has 18 nitrogen and oxygen atoms in total. The van der Waals surface area contributed by atoms with Gasteiger partial charge in [0, 0.05) is 31.3 Å². The smallest absolute Gasteiger partial charge is 0.326 e. The number of carbonyl (C=O) groups excluding carboxylic acids is 5. The van der Waals surface area contributed by atoms with Crippen molar-refractivity contribution in [1.82, 2.24) is 25.9 Å². The molecule has 0 bridgehead atoms. The molecule has 18 heteroatoms. The number of hydrogen-bond acceptors (Lipinski definition) is 9. The first-order valence-electron chi connectivity index (χ1n) is 11.8. The molecule has 1 rings (SSSR count). The molecule has 216 valence electrons. The maximum absolute atomic E-state index is 13.0. The first kappa shape index (κ1) is 32.3. The molecule has 15 N–H and O–H groups in total. The second-order valence-corrected chi connectivity index (χ2v) is 8.53. The van der Waals surface area contributed by atoms with Crippen LogP contribution in [0, 0.1) is 0 Å². The number of imidazole rings is 1. The lowest BCUT2D eigenvalue weighted by Gasteiger charge is -2.24. The zero-order valence-corrected chi connectivity index (χ0v) is 21.1. The van der Waals surface area contributed by atoms with Gasteiger partial charge in [-0.15, -0.1) is 0 Å². The second-order valence-electron chi connectivity index (χ2n) is 8.53. The summed E-state index contributed by atoms with van der Waals surface area (Å²) in [6.45, 7) is 0.219. The van der Waals surface area contributed by atoms with E-state index in [0.29, 0.717) is 12.1 Å². The van der Waals surface area contributed by atoms with Gasteiger partial charge >= 0.3 is 5.97 Å². The minimum absolute atomic E-state index is 0.123. The average molecular weight is 554 g/mol. The van der Waals surface area contributed by atoms with Crippen molar-refractivity contribution in [3.05, 3.63) is 18.2 Å². The molecule has 0 saturated heterocycles. The lowest BCUT2D eigenvalue weighted by molar-refractivity contribution is -0.142. The molecule has 0 aromatic carbocycles. The van der Waals surface area contributed by atoms with Crippen molar-refractivity contribution in [3.63, 3.8) is 0 Å². The highest BCUT2D eigenvalue weighted by Crippen LogP contribution is 2.05. The molecule has 0 saturated carbocycles. The monoisotopic (exact) mass is 553 g/mol. The number of aromatic nitrogens is 2. The first-order chi connectivity index (χ1) is 18.3. The van der Waals surface area contributed by atoms with Crippen molar-refractivity contribution in [2.75, 3.05) is 6.54 Å². The summed E-state index contributed by atoms with van der Waals surface area (Å²) in [5.74, 6) is -5.98. The summed E-state index contributed by atoms with van der Waals surface area (Å²) in [6.07, 6.45) is 1.78. The van der Waals surface area contributed by atoms with E-state index in [9.17, 15) is 33.9 Å². The average Bonchev–Trinajstić information content (AvgIpc) is 3.35. The predicted octanol–water partition coefficient (Wildman–Crippen LogP) is -4.99. The number of H-pyrrole nitrogens is 1. The number of nitrogens with one attached hydrogen (secondary N) is 4. The van der Waals surface area contributed by atoms with Crippen LogP contribution in [0.4, 0.5) is 0 Å². The highest BCUT2D eigenvalue weighted by atomic mass is 16.4. The normalized spacial score (nSPS) is 13.7. The highest BCUT2D eigenvalue weighted by molar-refractivity contribution is 5.96. The summed E-state index contributed by atoms with van der Waals surface area (Å²) in [4.78, 5) is 83.2. The van der Waals surface area contributed by atoms with Crippen LogP contribution in [0.15, 0.2) is 17.5 Å². The summed E-state index contributed by atoms with van der Waals surface area (Å²) >= 11 is 0. The van der Waals surface area contributed by atoms with Gasteiger partial charge in [-0.2, -0.15) is 0 Å². The van der Waals surface area contributed by atoms with E-state index in [4.69, 9.17) is 28.7 Å². The molecule has 4 atom stereocenters. The van der Waals surface area contributed by atoms with Gasteiger partial charge in [0.1, 0.15) is 18.1 Å². The van der Waals surface area contributed by atoms with Crippen LogP contribution in [0.2, 0.25) is 0 Å². The molecule has 39 heavy (non-hydrogen) atoms. The van der Waals surface area contributed by atoms with Crippen molar-refractivity contribution in [2.45, 2.75) is 62.7 Å². The Balaban J connectivity index is 2.95. The molecule has 5 amide bonds. The van der Waals surface area contributed by atoms with Crippen LogP contribution in [-0.4, -0.2) is 87.3 Å². The Morgan fingerprint density at radius 3 is 2.05 bits per heavy atom. The number of primary amides is 2. The van der Waals surface area contributed by atoms with Crippen LogP contribution < -0.4 is 44.6 Å². The van der Waals surface area contributed by atoms with E-state index in [1.807, 2.05) is 0 Å². The first-order valence-corrected chi connectivity index (χ1v) is 11.8. The highest BCUT2D eigenvalue weighted by Gasteiger charge is 2.31. The van der Waals surface area contributed by atoms with E-state index < -0.39 is 66.1 Å². The number of hydrogen-bond donors (Lipinski definition) is 10. The molecule has 1 heterocycles. The fourth-order valence-electron chi connectivity index (χ4n) is 3.26. The van der Waals surface area contributed by atoms with Crippen LogP contribution in [0.3, 0.4) is 0 Å². The van der Waals surface area contributed by atoms with Crippen molar-refractivity contribution in [3.8, 4) is 0 Å². The Morgan fingerprint density at radius 1 is 0.897 bits per heavy atom. The molecule has 0 radical (unpaired) electrons. The van der Waals surface area contributed by atoms with Crippen LogP contribution in [0.25, 0.3) is 0 Å². The maximum atomic E-state index is 13.0.